The molecule has 1 N–H and O–H groups in total. The molecule has 1 aliphatic rings. The van der Waals surface area contributed by atoms with E-state index in [0.717, 1.165) is 42.8 Å². The van der Waals surface area contributed by atoms with E-state index in [-0.39, 0.29) is 24.3 Å². The number of likely N-dealkylation sites (tertiary alicyclic amines) is 1. The summed E-state index contributed by atoms with van der Waals surface area (Å²) in [5.41, 5.74) is 3.97. The van der Waals surface area contributed by atoms with Crippen LogP contribution in [-0.2, 0) is 35.0 Å². The second kappa shape index (κ2) is 13.4. The maximum Gasteiger partial charge on any atom is 0.210 e. The van der Waals surface area contributed by atoms with Crippen molar-refractivity contribution in [1.82, 2.24) is 34.2 Å². The van der Waals surface area contributed by atoms with Gasteiger partial charge in [0.1, 0.15) is 18.2 Å². The number of anilines is 2. The maximum absolute atomic E-state index is 12.9. The summed E-state index contributed by atoms with van der Waals surface area (Å²) in [5, 5.41) is 8.35. The van der Waals surface area contributed by atoms with E-state index in [1.54, 1.807) is 31.6 Å². The number of rotatable bonds is 13. The quantitative estimate of drug-likeness (QED) is 0.221. The molecule has 11 nitrogen and oxygen atoms in total. The van der Waals surface area contributed by atoms with Gasteiger partial charge in [-0.1, -0.05) is 20.8 Å². The van der Waals surface area contributed by atoms with Gasteiger partial charge in [-0.15, -0.1) is 0 Å². The van der Waals surface area contributed by atoms with Crippen LogP contribution >= 0.6 is 0 Å². The van der Waals surface area contributed by atoms with Crippen LogP contribution in [0, 0.1) is 12.8 Å². The minimum Gasteiger partial charge on any atom is -0.455 e. The highest BCUT2D eigenvalue weighted by atomic mass is 19.1. The van der Waals surface area contributed by atoms with Crippen molar-refractivity contribution in [1.29, 1.82) is 0 Å². The molecule has 1 atom stereocenters. The van der Waals surface area contributed by atoms with Gasteiger partial charge in [-0.05, 0) is 31.9 Å². The molecule has 5 rings (SSSR count). The Morgan fingerprint density at radius 2 is 2.05 bits per heavy atom. The number of halogens is 1. The number of ether oxygens (including phenoxy) is 2. The van der Waals surface area contributed by atoms with Crippen molar-refractivity contribution < 1.29 is 18.7 Å². The number of carbonyl (C=O) groups excluding carboxylic acids is 1. The second-order valence-corrected chi connectivity index (χ2v) is 12.6. The van der Waals surface area contributed by atoms with Crippen molar-refractivity contribution >= 4 is 28.7 Å². The van der Waals surface area contributed by atoms with Crippen LogP contribution < -0.4 is 10.1 Å². The predicted octanol–water partition coefficient (Wildman–Crippen LogP) is 5.14. The molecule has 236 valence electrons. The number of hydrogen-bond acceptors (Lipinski definition) is 9. The van der Waals surface area contributed by atoms with Gasteiger partial charge in [-0.2, -0.15) is 10.1 Å². The molecule has 0 spiro atoms. The lowest BCUT2D eigenvalue weighted by Crippen LogP contribution is -2.26. The van der Waals surface area contributed by atoms with Crippen molar-refractivity contribution in [2.75, 3.05) is 45.3 Å². The zero-order chi connectivity index (χ0) is 31.4. The molecule has 0 amide bonds. The molecule has 0 unspecified atom stereocenters. The fourth-order valence-electron chi connectivity index (χ4n) is 5.76. The molecule has 44 heavy (non-hydrogen) atoms. The van der Waals surface area contributed by atoms with Crippen LogP contribution in [-0.4, -0.2) is 80.0 Å². The number of alkyl halides is 1. The van der Waals surface area contributed by atoms with E-state index in [9.17, 15) is 9.18 Å². The Morgan fingerprint density at radius 3 is 2.80 bits per heavy atom. The molecule has 0 aromatic carbocycles. The van der Waals surface area contributed by atoms with Crippen LogP contribution in [0.4, 0.5) is 16.2 Å². The van der Waals surface area contributed by atoms with E-state index in [1.165, 1.54) is 0 Å². The number of nitrogens with zero attached hydrogens (tertiary/aromatic N) is 7. The summed E-state index contributed by atoms with van der Waals surface area (Å²) >= 11 is 0. The summed E-state index contributed by atoms with van der Waals surface area (Å²) in [7, 11) is 3.51. The molecule has 1 saturated heterocycles. The Bertz CT molecular complexity index is 1610. The predicted molar refractivity (Wildman–Crippen MR) is 167 cm³/mol. The van der Waals surface area contributed by atoms with E-state index >= 15 is 0 Å². The average molecular weight is 607 g/mol. The third kappa shape index (κ3) is 7.24. The number of aromatic nitrogens is 6. The molecule has 1 fully saturated rings. The minimum absolute atomic E-state index is 0.0592. The van der Waals surface area contributed by atoms with Gasteiger partial charge in [0.25, 0.3) is 0 Å². The van der Waals surface area contributed by atoms with E-state index in [4.69, 9.17) is 19.6 Å². The number of ketones is 1. The molecule has 0 radical (unpaired) electrons. The Morgan fingerprint density at radius 1 is 1.23 bits per heavy atom. The lowest BCUT2D eigenvalue weighted by atomic mass is 9.92. The average Bonchev–Trinajstić information content (AvgIpc) is 3.67. The molecule has 5 heterocycles. The van der Waals surface area contributed by atoms with Crippen molar-refractivity contribution in [2.45, 2.75) is 58.9 Å². The number of hydrogen-bond donors (Lipinski definition) is 1. The van der Waals surface area contributed by atoms with Crippen LogP contribution in [0.2, 0.25) is 0 Å². The molecular weight excluding hydrogens is 563 g/mol. The van der Waals surface area contributed by atoms with Gasteiger partial charge in [0.15, 0.2) is 17.2 Å². The van der Waals surface area contributed by atoms with Gasteiger partial charge in [-0.25, -0.2) is 9.37 Å². The fourth-order valence-corrected chi connectivity index (χ4v) is 5.76. The van der Waals surface area contributed by atoms with Gasteiger partial charge in [0.2, 0.25) is 5.95 Å². The minimum atomic E-state index is -0.307. The Hall–Kier alpha value is -3.90. The first kappa shape index (κ1) is 31.5. The summed E-state index contributed by atoms with van der Waals surface area (Å²) in [6.07, 6.45) is 4.91. The Labute approximate surface area is 257 Å². The first-order valence-electron chi connectivity index (χ1n) is 15.1. The summed E-state index contributed by atoms with van der Waals surface area (Å²) in [5.74, 6) is 2.99. The van der Waals surface area contributed by atoms with Crippen molar-refractivity contribution in [3.05, 3.63) is 47.5 Å². The standard InChI is InChI=1S/C32H43FN8O3/c1-21-26(44-25-7-11-34-23(16-25)15-24(42)9-14-43-6)18-35-30-29(21)39(5)31(37-30)36-28-17-27(32(2,3)4)41(38-28)20-22-8-12-40(19-22)13-10-33/h7,11,16-18,22H,8-10,12-15,19-20H2,1-6H3,(H,35,36,37,38)/t22-/m1/s1. The van der Waals surface area contributed by atoms with E-state index in [1.807, 2.05) is 18.5 Å². The molecule has 12 heteroatoms. The lowest BCUT2D eigenvalue weighted by Gasteiger charge is -2.22. The van der Waals surface area contributed by atoms with Gasteiger partial charge in [0, 0.05) is 81.6 Å². The van der Waals surface area contributed by atoms with E-state index in [0.29, 0.717) is 60.1 Å². The third-order valence-corrected chi connectivity index (χ3v) is 8.07. The highest BCUT2D eigenvalue weighted by Gasteiger charge is 2.27. The first-order chi connectivity index (χ1) is 21.0. The van der Waals surface area contributed by atoms with Gasteiger partial charge >= 0.3 is 0 Å². The SMILES string of the molecule is COCCC(=O)Cc1cc(Oc2cnc3nc(Nc4cc(C(C)(C)C)n(C[C@@H]5CCN(CCF)C5)n4)n(C)c3c2C)ccn1. The molecule has 0 saturated carbocycles. The van der Waals surface area contributed by atoms with Gasteiger partial charge < -0.3 is 24.3 Å². The normalized spacial score (nSPS) is 15.8. The number of aryl methyl sites for hydroxylation is 2. The Kier molecular flexibility index (Phi) is 9.59. The molecule has 1 aliphatic heterocycles. The third-order valence-electron chi connectivity index (χ3n) is 8.07. The number of carbonyl (C=O) groups is 1. The summed E-state index contributed by atoms with van der Waals surface area (Å²) in [4.78, 5) is 28.0. The molecule has 0 bridgehead atoms. The zero-order valence-corrected chi connectivity index (χ0v) is 26.6. The number of pyridine rings is 2. The number of imidazole rings is 1. The highest BCUT2D eigenvalue weighted by Crippen LogP contribution is 2.33. The summed E-state index contributed by atoms with van der Waals surface area (Å²) < 4.78 is 28.1. The second-order valence-electron chi connectivity index (χ2n) is 12.6. The van der Waals surface area contributed by atoms with Gasteiger partial charge in [-0.3, -0.25) is 14.5 Å². The van der Waals surface area contributed by atoms with E-state index < -0.39 is 0 Å². The number of Topliss-reactive ketones (excluding diaryl/α,β-unsaturated/α-hetero) is 1. The number of methoxy groups -OCH3 is 1. The number of nitrogens with one attached hydrogen (secondary N) is 1. The first-order valence-corrected chi connectivity index (χ1v) is 15.1. The summed E-state index contributed by atoms with van der Waals surface area (Å²) in [6, 6.07) is 5.62. The van der Waals surface area contributed by atoms with E-state index in [2.05, 4.69) is 51.7 Å². The van der Waals surface area contributed by atoms with Crippen LogP contribution in [0.1, 0.15) is 50.6 Å². The van der Waals surface area contributed by atoms with Gasteiger partial charge in [0.05, 0.1) is 24.0 Å². The largest absolute Gasteiger partial charge is 0.455 e. The van der Waals surface area contributed by atoms with Crippen LogP contribution in [0.25, 0.3) is 11.2 Å². The lowest BCUT2D eigenvalue weighted by molar-refractivity contribution is -0.119. The maximum atomic E-state index is 12.9. The van der Waals surface area contributed by atoms with Crippen molar-refractivity contribution in [2.24, 2.45) is 13.0 Å². The van der Waals surface area contributed by atoms with Crippen molar-refractivity contribution in [3.63, 3.8) is 0 Å². The molecular formula is C32H43FN8O3. The zero-order valence-electron chi connectivity index (χ0n) is 26.6. The van der Waals surface area contributed by atoms with Crippen LogP contribution in [0.5, 0.6) is 11.5 Å². The molecule has 0 aliphatic carbocycles. The smallest absolute Gasteiger partial charge is 0.210 e. The summed E-state index contributed by atoms with van der Waals surface area (Å²) in [6.45, 7) is 11.7. The monoisotopic (exact) mass is 606 g/mol. The Balaban J connectivity index is 1.34. The molecule has 4 aromatic heterocycles. The van der Waals surface area contributed by atoms with Crippen molar-refractivity contribution in [3.8, 4) is 11.5 Å². The van der Waals surface area contributed by atoms with Crippen LogP contribution in [0.15, 0.2) is 30.6 Å². The highest BCUT2D eigenvalue weighted by molar-refractivity contribution is 5.81. The fraction of sp³-hybridized carbons (Fsp3) is 0.531. The molecule has 4 aromatic rings. The number of fused-ring (bicyclic) bond motifs is 1. The van der Waals surface area contributed by atoms with Crippen LogP contribution in [0.3, 0.4) is 0 Å². The topological polar surface area (TPSA) is 112 Å².